The van der Waals surface area contributed by atoms with Crippen molar-refractivity contribution in [3.63, 3.8) is 0 Å². The molecule has 0 saturated carbocycles. The van der Waals surface area contributed by atoms with Crippen LogP contribution >= 0.6 is 11.8 Å². The van der Waals surface area contributed by atoms with Crippen LogP contribution in [0.4, 0.5) is 5.82 Å². The summed E-state index contributed by atoms with van der Waals surface area (Å²) in [6, 6.07) is 0. The van der Waals surface area contributed by atoms with Crippen LogP contribution in [0.1, 0.15) is 17.1 Å². The van der Waals surface area contributed by atoms with E-state index in [-0.39, 0.29) is 0 Å². The van der Waals surface area contributed by atoms with Crippen LogP contribution in [0.5, 0.6) is 0 Å². The Kier molecular flexibility index (Phi) is 3.43. The van der Waals surface area contributed by atoms with Gasteiger partial charge in [0.1, 0.15) is 11.6 Å². The summed E-state index contributed by atoms with van der Waals surface area (Å²) in [6.07, 6.45) is 1.88. The third-order valence-electron chi connectivity index (χ3n) is 2.50. The maximum Gasteiger partial charge on any atom is 0.132 e. The van der Waals surface area contributed by atoms with Crippen LogP contribution in [-0.4, -0.2) is 29.3 Å². The zero-order valence-electron chi connectivity index (χ0n) is 8.92. The number of nitrogens with two attached hydrogens (primary N) is 1. The molecule has 0 spiro atoms. The number of nitrogen functional groups attached to an aromatic ring is 1. The van der Waals surface area contributed by atoms with E-state index in [0.717, 1.165) is 48.0 Å². The Hall–Kier alpha value is -0.810. The molecule has 0 radical (unpaired) electrons. The summed E-state index contributed by atoms with van der Waals surface area (Å²) in [7, 11) is 1.93. The highest BCUT2D eigenvalue weighted by Gasteiger charge is 2.15. The molecule has 1 aliphatic heterocycles. The minimum absolute atomic E-state index is 0.679. The first-order valence-corrected chi connectivity index (χ1v) is 6.33. The van der Waals surface area contributed by atoms with E-state index in [1.54, 1.807) is 0 Å². The topological polar surface area (TPSA) is 63.8 Å². The Morgan fingerprint density at radius 2 is 2.33 bits per heavy atom. The third-order valence-corrected chi connectivity index (χ3v) is 3.48. The molecule has 1 aliphatic rings. The van der Waals surface area contributed by atoms with E-state index in [1.165, 1.54) is 0 Å². The van der Waals surface area contributed by atoms with E-state index in [9.17, 15) is 0 Å². The fraction of sp³-hybridized carbons (Fsp3) is 0.600. The minimum atomic E-state index is 0.679. The SMILES string of the molecule is CNCCc1nc(N)c2c(n1)CCSC2. The van der Waals surface area contributed by atoms with Crippen LogP contribution in [0.25, 0.3) is 0 Å². The molecule has 0 fully saturated rings. The second-order valence-electron chi connectivity index (χ2n) is 3.61. The molecule has 15 heavy (non-hydrogen) atoms. The fourth-order valence-corrected chi connectivity index (χ4v) is 2.66. The van der Waals surface area contributed by atoms with Crippen molar-refractivity contribution in [3.8, 4) is 0 Å². The predicted molar refractivity (Wildman–Crippen MR) is 63.9 cm³/mol. The van der Waals surface area contributed by atoms with E-state index in [1.807, 2.05) is 18.8 Å². The molecule has 1 aromatic heterocycles. The summed E-state index contributed by atoms with van der Waals surface area (Å²) >= 11 is 1.90. The average molecular weight is 224 g/mol. The molecule has 5 heteroatoms. The molecule has 0 unspecified atom stereocenters. The maximum absolute atomic E-state index is 5.93. The number of hydrogen-bond acceptors (Lipinski definition) is 5. The van der Waals surface area contributed by atoms with Crippen LogP contribution < -0.4 is 11.1 Å². The highest BCUT2D eigenvalue weighted by Crippen LogP contribution is 2.26. The monoisotopic (exact) mass is 224 g/mol. The van der Waals surface area contributed by atoms with Crippen LogP contribution in [-0.2, 0) is 18.6 Å². The molecule has 82 valence electrons. The summed E-state index contributed by atoms with van der Waals surface area (Å²) in [5, 5.41) is 3.09. The van der Waals surface area contributed by atoms with E-state index in [2.05, 4.69) is 15.3 Å². The minimum Gasteiger partial charge on any atom is -0.383 e. The maximum atomic E-state index is 5.93. The van der Waals surface area contributed by atoms with Gasteiger partial charge in [-0.25, -0.2) is 9.97 Å². The van der Waals surface area contributed by atoms with E-state index in [4.69, 9.17) is 5.73 Å². The molecule has 0 aliphatic carbocycles. The molecule has 1 aromatic rings. The second kappa shape index (κ2) is 4.81. The van der Waals surface area contributed by atoms with Crippen LogP contribution in [0.15, 0.2) is 0 Å². The van der Waals surface area contributed by atoms with E-state index < -0.39 is 0 Å². The Labute approximate surface area is 94.1 Å². The second-order valence-corrected chi connectivity index (χ2v) is 4.71. The molecule has 3 N–H and O–H groups in total. The lowest BCUT2D eigenvalue weighted by Crippen LogP contribution is -2.17. The lowest BCUT2D eigenvalue weighted by atomic mass is 10.2. The number of nitrogens with one attached hydrogen (secondary N) is 1. The van der Waals surface area contributed by atoms with Gasteiger partial charge in [-0.3, -0.25) is 0 Å². The fourth-order valence-electron chi connectivity index (χ4n) is 1.66. The van der Waals surface area contributed by atoms with Crippen LogP contribution in [0, 0.1) is 0 Å². The Morgan fingerprint density at radius 1 is 1.47 bits per heavy atom. The molecule has 4 nitrogen and oxygen atoms in total. The number of hydrogen-bond donors (Lipinski definition) is 2. The number of rotatable bonds is 3. The van der Waals surface area contributed by atoms with Gasteiger partial charge in [-0.1, -0.05) is 0 Å². The lowest BCUT2D eigenvalue weighted by Gasteiger charge is -2.16. The van der Waals surface area contributed by atoms with Gasteiger partial charge in [0.15, 0.2) is 0 Å². The molecular weight excluding hydrogens is 208 g/mol. The van der Waals surface area contributed by atoms with Crippen molar-refractivity contribution in [3.05, 3.63) is 17.1 Å². The third kappa shape index (κ3) is 2.41. The summed E-state index contributed by atoms with van der Waals surface area (Å²) < 4.78 is 0. The smallest absolute Gasteiger partial charge is 0.132 e. The first kappa shape index (κ1) is 10.7. The van der Waals surface area contributed by atoms with Crippen LogP contribution in [0.3, 0.4) is 0 Å². The number of fused-ring (bicyclic) bond motifs is 1. The van der Waals surface area contributed by atoms with Crippen LogP contribution in [0.2, 0.25) is 0 Å². The Bertz CT molecular complexity index is 354. The van der Waals surface area contributed by atoms with Crippen molar-refractivity contribution in [2.45, 2.75) is 18.6 Å². The predicted octanol–water partition coefficient (Wildman–Crippen LogP) is 0.610. The van der Waals surface area contributed by atoms with Crippen molar-refractivity contribution in [2.75, 3.05) is 25.1 Å². The number of aryl methyl sites for hydroxylation is 1. The molecule has 0 saturated heterocycles. The van der Waals surface area contributed by atoms with Gasteiger partial charge >= 0.3 is 0 Å². The first-order valence-electron chi connectivity index (χ1n) is 5.17. The largest absolute Gasteiger partial charge is 0.383 e. The highest BCUT2D eigenvalue weighted by molar-refractivity contribution is 7.98. The van der Waals surface area contributed by atoms with Gasteiger partial charge in [0.2, 0.25) is 0 Å². The van der Waals surface area contributed by atoms with Gasteiger partial charge in [-0.05, 0) is 19.2 Å². The van der Waals surface area contributed by atoms with Gasteiger partial charge in [-0.15, -0.1) is 0 Å². The van der Waals surface area contributed by atoms with Crippen molar-refractivity contribution < 1.29 is 0 Å². The van der Waals surface area contributed by atoms with Crippen molar-refractivity contribution in [1.82, 2.24) is 15.3 Å². The molecule has 0 amide bonds. The lowest BCUT2D eigenvalue weighted by molar-refractivity contribution is 0.746. The molecular formula is C10H16N4S. The van der Waals surface area contributed by atoms with Gasteiger partial charge in [0.25, 0.3) is 0 Å². The molecule has 0 aromatic carbocycles. The van der Waals surface area contributed by atoms with Crippen molar-refractivity contribution in [2.24, 2.45) is 0 Å². The van der Waals surface area contributed by atoms with Crippen molar-refractivity contribution >= 4 is 17.6 Å². The van der Waals surface area contributed by atoms with Gasteiger partial charge in [0.05, 0.1) is 5.69 Å². The van der Waals surface area contributed by atoms with E-state index >= 15 is 0 Å². The Morgan fingerprint density at radius 3 is 3.13 bits per heavy atom. The summed E-state index contributed by atoms with van der Waals surface area (Å²) in [5.74, 6) is 3.66. The highest BCUT2D eigenvalue weighted by atomic mass is 32.2. The quantitative estimate of drug-likeness (QED) is 0.787. The number of likely N-dealkylation sites (N-methyl/N-ethyl adjacent to an activating group) is 1. The van der Waals surface area contributed by atoms with E-state index in [0.29, 0.717) is 5.82 Å². The van der Waals surface area contributed by atoms with Crippen molar-refractivity contribution in [1.29, 1.82) is 0 Å². The van der Waals surface area contributed by atoms with Gasteiger partial charge in [0, 0.05) is 24.3 Å². The molecule has 2 rings (SSSR count). The molecule has 0 atom stereocenters. The number of thioether (sulfide) groups is 1. The summed E-state index contributed by atoms with van der Waals surface area (Å²) in [4.78, 5) is 8.90. The zero-order valence-corrected chi connectivity index (χ0v) is 9.73. The summed E-state index contributed by atoms with van der Waals surface area (Å²) in [6.45, 7) is 0.896. The number of anilines is 1. The number of nitrogens with zero attached hydrogens (tertiary/aromatic N) is 2. The van der Waals surface area contributed by atoms with Gasteiger partial charge < -0.3 is 11.1 Å². The molecule has 0 bridgehead atoms. The first-order chi connectivity index (χ1) is 7.31. The normalized spacial score (nSPS) is 15.0. The molecule has 2 heterocycles. The average Bonchev–Trinajstić information content (AvgIpc) is 2.26. The zero-order chi connectivity index (χ0) is 10.7. The standard InChI is InChI=1S/C10H16N4S/c1-12-4-2-9-13-8-3-5-15-6-7(8)10(11)14-9/h12H,2-6H2,1H3,(H2,11,13,14). The number of aromatic nitrogens is 2. The summed E-state index contributed by atoms with van der Waals surface area (Å²) in [5.41, 5.74) is 8.24. The Balaban J connectivity index is 2.24. The van der Waals surface area contributed by atoms with Gasteiger partial charge in [-0.2, -0.15) is 11.8 Å².